The van der Waals surface area contributed by atoms with E-state index in [1.165, 1.54) is 36.4 Å². The Bertz CT molecular complexity index is 871. The molecular formula is C21H20O6. The fourth-order valence-corrected chi connectivity index (χ4v) is 3.63. The number of hydrogen-bond donors (Lipinski definition) is 6. The first-order valence-electron chi connectivity index (χ1n) is 8.38. The monoisotopic (exact) mass is 368 g/mol. The van der Waals surface area contributed by atoms with Crippen molar-refractivity contribution in [3.63, 3.8) is 0 Å². The molecule has 0 aromatic heterocycles. The number of benzene rings is 3. The molecule has 0 aliphatic heterocycles. The van der Waals surface area contributed by atoms with E-state index in [0.717, 1.165) is 0 Å². The molecule has 0 saturated carbocycles. The highest BCUT2D eigenvalue weighted by Gasteiger charge is 2.42. The third-order valence-corrected chi connectivity index (χ3v) is 4.95. The van der Waals surface area contributed by atoms with Gasteiger partial charge >= 0.3 is 0 Å². The Hall–Kier alpha value is -3.54. The SMILES string of the molecule is CCC(c1cccc(O)c1O)(c1cccc(O)c1O)c1cccc(O)c1O. The Balaban J connectivity index is 2.51. The number of hydrogen-bond acceptors (Lipinski definition) is 6. The second-order valence-corrected chi connectivity index (χ2v) is 6.28. The lowest BCUT2D eigenvalue weighted by atomic mass is 9.66. The fourth-order valence-electron chi connectivity index (χ4n) is 3.63. The molecule has 0 amide bonds. The van der Waals surface area contributed by atoms with Crippen LogP contribution in [0.2, 0.25) is 0 Å². The molecule has 27 heavy (non-hydrogen) atoms. The van der Waals surface area contributed by atoms with Crippen molar-refractivity contribution >= 4 is 0 Å². The van der Waals surface area contributed by atoms with E-state index in [9.17, 15) is 30.6 Å². The standard InChI is InChI=1S/C21H20O6/c1-2-21(12-6-3-9-15(22)18(12)25,13-7-4-10-16(23)19(13)26)14-8-5-11-17(24)20(14)27/h3-11,22-27H,2H2,1H3. The molecule has 3 aromatic carbocycles. The average molecular weight is 368 g/mol. The second-order valence-electron chi connectivity index (χ2n) is 6.28. The number of rotatable bonds is 4. The van der Waals surface area contributed by atoms with Crippen molar-refractivity contribution in [2.24, 2.45) is 0 Å². The zero-order chi connectivity index (χ0) is 19.8. The zero-order valence-corrected chi connectivity index (χ0v) is 14.6. The lowest BCUT2D eigenvalue weighted by Gasteiger charge is -2.36. The molecule has 0 heterocycles. The minimum absolute atomic E-state index is 0.201. The van der Waals surface area contributed by atoms with Gasteiger partial charge in [-0.25, -0.2) is 0 Å². The van der Waals surface area contributed by atoms with Crippen LogP contribution in [0.25, 0.3) is 0 Å². The van der Waals surface area contributed by atoms with Crippen LogP contribution in [-0.2, 0) is 5.41 Å². The lowest BCUT2D eigenvalue weighted by Crippen LogP contribution is -2.29. The van der Waals surface area contributed by atoms with Gasteiger partial charge in [0.15, 0.2) is 34.5 Å². The highest BCUT2D eigenvalue weighted by atomic mass is 16.3. The summed E-state index contributed by atoms with van der Waals surface area (Å²) < 4.78 is 0. The van der Waals surface area contributed by atoms with Crippen LogP contribution in [0.1, 0.15) is 30.0 Å². The summed E-state index contributed by atoms with van der Waals surface area (Å²) in [7, 11) is 0. The molecule has 3 aromatic rings. The summed E-state index contributed by atoms with van der Waals surface area (Å²) in [4.78, 5) is 0. The largest absolute Gasteiger partial charge is 0.504 e. The summed E-state index contributed by atoms with van der Waals surface area (Å²) >= 11 is 0. The van der Waals surface area contributed by atoms with Crippen LogP contribution in [0.4, 0.5) is 0 Å². The maximum Gasteiger partial charge on any atom is 0.161 e. The molecule has 0 aliphatic carbocycles. The third-order valence-electron chi connectivity index (χ3n) is 4.95. The van der Waals surface area contributed by atoms with Gasteiger partial charge in [-0.05, 0) is 24.6 Å². The number of aromatic hydroxyl groups is 6. The summed E-state index contributed by atoms with van der Waals surface area (Å²) in [5.41, 5.74) is -0.764. The van der Waals surface area contributed by atoms with Crippen LogP contribution in [0.15, 0.2) is 54.6 Å². The van der Waals surface area contributed by atoms with Crippen LogP contribution in [-0.4, -0.2) is 30.6 Å². The molecule has 3 rings (SSSR count). The van der Waals surface area contributed by atoms with Crippen molar-refractivity contribution in [3.05, 3.63) is 71.3 Å². The first-order valence-corrected chi connectivity index (χ1v) is 8.38. The van der Waals surface area contributed by atoms with Gasteiger partial charge in [0.1, 0.15) is 0 Å². The Morgan fingerprint density at radius 1 is 0.556 bits per heavy atom. The van der Waals surface area contributed by atoms with Crippen molar-refractivity contribution in [1.29, 1.82) is 0 Å². The Morgan fingerprint density at radius 3 is 1.11 bits per heavy atom. The van der Waals surface area contributed by atoms with Gasteiger partial charge in [-0.3, -0.25) is 0 Å². The number of phenols is 6. The van der Waals surface area contributed by atoms with Crippen molar-refractivity contribution in [1.82, 2.24) is 0 Å². The van der Waals surface area contributed by atoms with Crippen molar-refractivity contribution in [3.8, 4) is 34.5 Å². The Kier molecular flexibility index (Phi) is 4.49. The maximum atomic E-state index is 10.6. The molecule has 0 atom stereocenters. The minimum Gasteiger partial charge on any atom is -0.504 e. The highest BCUT2D eigenvalue weighted by Crippen LogP contribution is 2.54. The molecule has 6 heteroatoms. The van der Waals surface area contributed by atoms with Gasteiger partial charge in [0.05, 0.1) is 5.41 Å². The Morgan fingerprint density at radius 2 is 0.852 bits per heavy atom. The van der Waals surface area contributed by atoms with Crippen LogP contribution < -0.4 is 0 Å². The summed E-state index contributed by atoms with van der Waals surface area (Å²) in [6.07, 6.45) is 0.220. The van der Waals surface area contributed by atoms with Gasteiger partial charge in [-0.15, -0.1) is 0 Å². The maximum absolute atomic E-state index is 10.6. The van der Waals surface area contributed by atoms with Crippen molar-refractivity contribution < 1.29 is 30.6 Å². The van der Waals surface area contributed by atoms with Crippen LogP contribution in [0, 0.1) is 0 Å². The van der Waals surface area contributed by atoms with Gasteiger partial charge in [-0.2, -0.15) is 0 Å². The number of phenolic OH excluding ortho intramolecular Hbond substituents is 6. The fraction of sp³-hybridized carbons (Fsp3) is 0.143. The summed E-state index contributed by atoms with van der Waals surface area (Å²) in [6.45, 7) is 1.76. The smallest absolute Gasteiger partial charge is 0.161 e. The topological polar surface area (TPSA) is 121 Å². The molecule has 0 bridgehead atoms. The van der Waals surface area contributed by atoms with E-state index in [2.05, 4.69) is 0 Å². The Labute approximate surface area is 155 Å². The van der Waals surface area contributed by atoms with E-state index in [-0.39, 0.29) is 40.4 Å². The summed E-state index contributed by atoms with van der Waals surface area (Å²) in [5, 5.41) is 61.8. The predicted molar refractivity (Wildman–Crippen MR) is 99.5 cm³/mol. The summed E-state index contributed by atoms with van der Waals surface area (Å²) in [6, 6.07) is 13.1. The van der Waals surface area contributed by atoms with Crippen LogP contribution in [0.5, 0.6) is 34.5 Å². The predicted octanol–water partition coefficient (Wildman–Crippen LogP) is 3.66. The highest BCUT2D eigenvalue weighted by molar-refractivity contribution is 5.66. The molecule has 0 saturated heterocycles. The van der Waals surface area contributed by atoms with Crippen LogP contribution >= 0.6 is 0 Å². The van der Waals surface area contributed by atoms with Gasteiger partial charge in [-0.1, -0.05) is 43.3 Å². The van der Waals surface area contributed by atoms with E-state index in [1.54, 1.807) is 25.1 Å². The zero-order valence-electron chi connectivity index (χ0n) is 14.6. The van der Waals surface area contributed by atoms with E-state index < -0.39 is 22.7 Å². The molecule has 0 fully saturated rings. The quantitative estimate of drug-likeness (QED) is 0.309. The van der Waals surface area contributed by atoms with E-state index >= 15 is 0 Å². The van der Waals surface area contributed by atoms with Gasteiger partial charge < -0.3 is 30.6 Å². The van der Waals surface area contributed by atoms with Gasteiger partial charge in [0.2, 0.25) is 0 Å². The molecule has 0 radical (unpaired) electrons. The van der Waals surface area contributed by atoms with Crippen molar-refractivity contribution in [2.75, 3.05) is 0 Å². The first kappa shape index (κ1) is 18.3. The first-order chi connectivity index (χ1) is 12.8. The molecular weight excluding hydrogens is 348 g/mol. The molecule has 140 valence electrons. The summed E-state index contributed by atoms with van der Waals surface area (Å²) in [5.74, 6) is -2.39. The molecule has 0 aliphatic rings. The van der Waals surface area contributed by atoms with E-state index in [0.29, 0.717) is 0 Å². The van der Waals surface area contributed by atoms with Gasteiger partial charge in [0, 0.05) is 16.7 Å². The minimum atomic E-state index is -1.37. The second kappa shape index (κ2) is 6.64. The molecule has 0 spiro atoms. The molecule has 6 N–H and O–H groups in total. The van der Waals surface area contributed by atoms with E-state index in [1.807, 2.05) is 0 Å². The van der Waals surface area contributed by atoms with Crippen LogP contribution in [0.3, 0.4) is 0 Å². The van der Waals surface area contributed by atoms with Crippen molar-refractivity contribution in [2.45, 2.75) is 18.8 Å². The average Bonchev–Trinajstić information content (AvgIpc) is 2.65. The number of para-hydroxylation sites is 3. The molecule has 6 nitrogen and oxygen atoms in total. The van der Waals surface area contributed by atoms with Gasteiger partial charge in [0.25, 0.3) is 0 Å². The lowest BCUT2D eigenvalue weighted by molar-refractivity contribution is 0.367. The normalized spacial score (nSPS) is 11.4. The van der Waals surface area contributed by atoms with E-state index in [4.69, 9.17) is 0 Å². The third kappa shape index (κ3) is 2.66. The molecule has 0 unspecified atom stereocenters.